The van der Waals surface area contributed by atoms with E-state index in [9.17, 15) is 28.8 Å². The lowest BCUT2D eigenvalue weighted by Gasteiger charge is -2.16. The lowest BCUT2D eigenvalue weighted by Crippen LogP contribution is -2.49. The van der Waals surface area contributed by atoms with Crippen LogP contribution >= 0.6 is 12.6 Å². The number of ketones is 1. The van der Waals surface area contributed by atoms with Gasteiger partial charge in [0.2, 0.25) is 17.7 Å². The molecule has 1 aliphatic carbocycles. The molecule has 0 unspecified atom stereocenters. The zero-order valence-electron chi connectivity index (χ0n) is 16.6. The van der Waals surface area contributed by atoms with Crippen molar-refractivity contribution in [3.63, 3.8) is 0 Å². The lowest BCUT2D eigenvalue weighted by molar-refractivity contribution is -0.139. The van der Waals surface area contributed by atoms with Gasteiger partial charge >= 0.3 is 11.9 Å². The number of allylic oxidation sites excluding steroid dienone is 4. The lowest BCUT2D eigenvalue weighted by atomic mass is 10.1. The molecule has 0 aromatic rings. The minimum absolute atomic E-state index is 0.0256. The van der Waals surface area contributed by atoms with Crippen LogP contribution in [0.1, 0.15) is 19.8 Å². The van der Waals surface area contributed by atoms with Crippen molar-refractivity contribution in [3.8, 4) is 0 Å². The summed E-state index contributed by atoms with van der Waals surface area (Å²) in [5, 5.41) is 21.4. The van der Waals surface area contributed by atoms with Crippen LogP contribution in [-0.2, 0) is 28.8 Å². The number of nitrogens with two attached hydrogens (primary N) is 1. The number of carbonyl (C=O) groups is 6. The van der Waals surface area contributed by atoms with Crippen LogP contribution in [0.3, 0.4) is 0 Å². The van der Waals surface area contributed by atoms with Crippen molar-refractivity contribution in [3.05, 3.63) is 24.3 Å². The van der Waals surface area contributed by atoms with Gasteiger partial charge in [0.1, 0.15) is 18.6 Å². The number of amides is 3. The Kier molecular flexibility index (Phi) is 13.1. The van der Waals surface area contributed by atoms with Crippen molar-refractivity contribution >= 4 is 53.8 Å². The quantitative estimate of drug-likeness (QED) is 0.175. The largest absolute Gasteiger partial charge is 0.480 e. The minimum Gasteiger partial charge on any atom is -0.480 e. The molecule has 0 fully saturated rings. The number of thiol groups is 1. The molecule has 0 aliphatic heterocycles. The van der Waals surface area contributed by atoms with E-state index in [0.717, 1.165) is 0 Å². The Labute approximate surface area is 183 Å². The molecule has 0 bridgehead atoms. The number of carboxylic acids is 2. The van der Waals surface area contributed by atoms with E-state index in [0.29, 0.717) is 5.71 Å². The summed E-state index contributed by atoms with van der Waals surface area (Å²) in [7, 11) is 0. The Balaban J connectivity index is 0.000000683. The molecule has 0 aromatic heterocycles. The van der Waals surface area contributed by atoms with E-state index in [1.54, 1.807) is 0 Å². The van der Waals surface area contributed by atoms with Gasteiger partial charge in [-0.25, -0.2) is 4.99 Å². The van der Waals surface area contributed by atoms with E-state index in [2.05, 4.69) is 28.3 Å². The van der Waals surface area contributed by atoms with E-state index >= 15 is 0 Å². The van der Waals surface area contributed by atoms with Crippen LogP contribution in [0.15, 0.2) is 29.3 Å². The van der Waals surface area contributed by atoms with Crippen LogP contribution in [0.5, 0.6) is 0 Å². The van der Waals surface area contributed by atoms with Crippen molar-refractivity contribution in [2.45, 2.75) is 31.8 Å². The minimum atomic E-state index is -1.22. The maximum Gasteiger partial charge on any atom is 0.322 e. The van der Waals surface area contributed by atoms with Gasteiger partial charge in [0.25, 0.3) is 0 Å². The van der Waals surface area contributed by atoms with Crippen LogP contribution < -0.4 is 16.4 Å². The topological polar surface area (TPSA) is 205 Å². The predicted molar refractivity (Wildman–Crippen MR) is 113 cm³/mol. The highest BCUT2D eigenvalue weighted by Crippen LogP contribution is 1.97. The van der Waals surface area contributed by atoms with Gasteiger partial charge in [-0.3, -0.25) is 28.8 Å². The van der Waals surface area contributed by atoms with Gasteiger partial charge in [-0.1, -0.05) is 0 Å². The maximum absolute atomic E-state index is 11.5. The summed E-state index contributed by atoms with van der Waals surface area (Å²) in [6, 6.07) is -2.15. The van der Waals surface area contributed by atoms with Gasteiger partial charge in [-0.15, -0.1) is 0 Å². The third-order valence-corrected chi connectivity index (χ3v) is 3.74. The molecule has 0 saturated heterocycles. The van der Waals surface area contributed by atoms with Crippen molar-refractivity contribution in [1.29, 1.82) is 0 Å². The molecule has 1 rings (SSSR count). The fourth-order valence-electron chi connectivity index (χ4n) is 1.86. The number of aliphatic carboxylic acids is 2. The molecular formula is C18H24N4O8S. The number of hydrogen-bond donors (Lipinski definition) is 6. The van der Waals surface area contributed by atoms with Crippen LogP contribution in [0.2, 0.25) is 0 Å². The summed E-state index contributed by atoms with van der Waals surface area (Å²) in [5.74, 6) is -4.04. The SMILES string of the molecule is CC(=O)N=C1C=CC(=O)C=C1.N[C@@H](CCC(=O)N[C@@H](CS)C(=O)NCC(=O)O)C(=O)O. The molecule has 0 aromatic carbocycles. The second-order valence-electron chi connectivity index (χ2n) is 6.02. The van der Waals surface area contributed by atoms with Crippen LogP contribution in [-0.4, -0.2) is 75.7 Å². The van der Waals surface area contributed by atoms with Gasteiger partial charge in [0, 0.05) is 19.1 Å². The average molecular weight is 456 g/mol. The van der Waals surface area contributed by atoms with E-state index in [-0.39, 0.29) is 30.3 Å². The van der Waals surface area contributed by atoms with Crippen LogP contribution in [0, 0.1) is 0 Å². The van der Waals surface area contributed by atoms with Gasteiger partial charge in [-0.2, -0.15) is 12.6 Å². The summed E-state index contributed by atoms with van der Waals surface area (Å²) in [6.45, 7) is 0.800. The van der Waals surface area contributed by atoms with E-state index < -0.39 is 42.4 Å². The number of nitrogens with one attached hydrogen (secondary N) is 2. The highest BCUT2D eigenvalue weighted by Gasteiger charge is 2.20. The third kappa shape index (κ3) is 13.5. The standard InChI is InChI=1S/C10H17N3O6S.C8H7NO2/c11-5(10(18)19)1-2-7(14)13-6(4-20)9(17)12-3-8(15)16;1-6(10)9-7-2-4-8(11)5-3-7/h5-6,20H,1-4,11H2,(H,12,17)(H,13,14)(H,15,16)(H,18,19);2-5H,1H3/t5-,6-;/m0./s1. The molecule has 31 heavy (non-hydrogen) atoms. The molecule has 13 heteroatoms. The Bertz CT molecular complexity index is 788. The molecule has 12 nitrogen and oxygen atoms in total. The number of carbonyl (C=O) groups excluding carboxylic acids is 4. The van der Waals surface area contributed by atoms with Crippen molar-refractivity contribution in [2.75, 3.05) is 12.3 Å². The second kappa shape index (κ2) is 14.6. The van der Waals surface area contributed by atoms with E-state index in [4.69, 9.17) is 15.9 Å². The molecule has 0 saturated carbocycles. The first-order valence-electron chi connectivity index (χ1n) is 8.83. The summed E-state index contributed by atoms with van der Waals surface area (Å²) in [4.78, 5) is 68.4. The van der Waals surface area contributed by atoms with Gasteiger partial charge < -0.3 is 26.6 Å². The van der Waals surface area contributed by atoms with E-state index in [1.807, 2.05) is 0 Å². The molecule has 0 radical (unpaired) electrons. The highest BCUT2D eigenvalue weighted by atomic mass is 32.1. The van der Waals surface area contributed by atoms with Gasteiger partial charge in [0.15, 0.2) is 5.78 Å². The number of carboxylic acid groups (broad SMARTS) is 2. The molecule has 1 aliphatic rings. The first-order valence-corrected chi connectivity index (χ1v) is 9.47. The fraction of sp³-hybridized carbons (Fsp3) is 0.389. The van der Waals surface area contributed by atoms with Crippen molar-refractivity contribution in [2.24, 2.45) is 10.7 Å². The molecule has 170 valence electrons. The monoisotopic (exact) mass is 456 g/mol. The Hall–Kier alpha value is -3.32. The zero-order chi connectivity index (χ0) is 24.0. The summed E-state index contributed by atoms with van der Waals surface area (Å²) in [5.41, 5.74) is 5.75. The normalized spacial score (nSPS) is 13.9. The molecule has 0 heterocycles. The number of nitrogens with zero attached hydrogens (tertiary/aromatic N) is 1. The first-order chi connectivity index (χ1) is 14.5. The van der Waals surface area contributed by atoms with Crippen molar-refractivity contribution in [1.82, 2.24) is 10.6 Å². The molecule has 0 spiro atoms. The smallest absolute Gasteiger partial charge is 0.322 e. The Morgan fingerprint density at radius 2 is 1.71 bits per heavy atom. The third-order valence-electron chi connectivity index (χ3n) is 3.37. The van der Waals surface area contributed by atoms with Crippen molar-refractivity contribution < 1.29 is 39.0 Å². The summed E-state index contributed by atoms with van der Waals surface area (Å²) < 4.78 is 0. The number of aliphatic imine (C=N–C) groups is 1. The highest BCUT2D eigenvalue weighted by molar-refractivity contribution is 7.80. The Morgan fingerprint density at radius 1 is 1.13 bits per heavy atom. The zero-order valence-corrected chi connectivity index (χ0v) is 17.5. The second-order valence-corrected chi connectivity index (χ2v) is 6.39. The first kappa shape index (κ1) is 27.7. The molecule has 3 amide bonds. The molecule has 6 N–H and O–H groups in total. The fourth-order valence-corrected chi connectivity index (χ4v) is 2.12. The number of rotatable bonds is 9. The molecular weight excluding hydrogens is 432 g/mol. The predicted octanol–water partition coefficient (Wildman–Crippen LogP) is -1.54. The summed E-state index contributed by atoms with van der Waals surface area (Å²) >= 11 is 3.87. The van der Waals surface area contributed by atoms with Gasteiger partial charge in [-0.05, 0) is 30.7 Å². The number of hydrogen-bond acceptors (Lipinski definition) is 8. The van der Waals surface area contributed by atoms with Crippen LogP contribution in [0.4, 0.5) is 0 Å². The average Bonchev–Trinajstić information content (AvgIpc) is 2.70. The van der Waals surface area contributed by atoms with E-state index in [1.165, 1.54) is 31.2 Å². The van der Waals surface area contributed by atoms with Crippen LogP contribution in [0.25, 0.3) is 0 Å². The maximum atomic E-state index is 11.5. The van der Waals surface area contributed by atoms with Gasteiger partial charge in [0.05, 0.1) is 5.71 Å². The summed E-state index contributed by atoms with van der Waals surface area (Å²) in [6.07, 6.45) is 5.55. The molecule has 2 atom stereocenters. The Morgan fingerprint density at radius 3 is 2.16 bits per heavy atom.